The van der Waals surface area contributed by atoms with Crippen LogP contribution in [0.3, 0.4) is 0 Å². The summed E-state index contributed by atoms with van der Waals surface area (Å²) in [5, 5.41) is 11.0. The average molecular weight is 319 g/mol. The van der Waals surface area contributed by atoms with Gasteiger partial charge in [0.1, 0.15) is 29.1 Å². The van der Waals surface area contributed by atoms with E-state index in [1.807, 2.05) is 5.32 Å². The van der Waals surface area contributed by atoms with Crippen LogP contribution in [0.25, 0.3) is 0 Å². The van der Waals surface area contributed by atoms with Crippen molar-refractivity contribution in [3.8, 4) is 0 Å². The lowest BCUT2D eigenvalue weighted by atomic mass is 10.0. The van der Waals surface area contributed by atoms with Crippen molar-refractivity contribution in [3.05, 3.63) is 35.1 Å². The molecule has 0 aliphatic rings. The largest absolute Gasteiger partial charge is 0.480 e. The molecule has 0 bridgehead atoms. The van der Waals surface area contributed by atoms with Gasteiger partial charge in [0.05, 0.1) is 0 Å². The summed E-state index contributed by atoms with van der Waals surface area (Å²) < 4.78 is 44.7. The molecule has 22 heavy (non-hydrogen) atoms. The van der Waals surface area contributed by atoms with Crippen molar-refractivity contribution in [2.45, 2.75) is 38.8 Å². The molecule has 2 N–H and O–H groups in total. The number of amides is 1. The molecule has 0 saturated carbocycles. The Kier molecular flexibility index (Phi) is 5.40. The Bertz CT molecular complexity index is 561. The lowest BCUT2D eigenvalue weighted by Gasteiger charge is -2.22. The maximum atomic E-state index is 13.5. The van der Waals surface area contributed by atoms with Gasteiger partial charge in [-0.15, -0.1) is 0 Å². The van der Waals surface area contributed by atoms with Crippen LogP contribution in [0.1, 0.15) is 26.3 Å². The molecule has 0 heterocycles. The number of hydrogen-bond donors (Lipinski definition) is 2. The zero-order chi connectivity index (χ0) is 17.1. The van der Waals surface area contributed by atoms with Crippen molar-refractivity contribution >= 4 is 12.1 Å². The zero-order valence-corrected chi connectivity index (χ0v) is 12.2. The van der Waals surface area contributed by atoms with Crippen molar-refractivity contribution in [3.63, 3.8) is 0 Å². The van der Waals surface area contributed by atoms with Gasteiger partial charge >= 0.3 is 12.1 Å². The number of carboxylic acids is 1. The van der Waals surface area contributed by atoms with Gasteiger partial charge in [0.25, 0.3) is 0 Å². The third-order valence-corrected chi connectivity index (χ3v) is 2.50. The maximum Gasteiger partial charge on any atom is 0.408 e. The summed E-state index contributed by atoms with van der Waals surface area (Å²) in [5.74, 6) is -5.08. The van der Waals surface area contributed by atoms with Crippen LogP contribution < -0.4 is 5.32 Å². The van der Waals surface area contributed by atoms with Gasteiger partial charge in [0, 0.05) is 24.1 Å². The molecule has 0 radical (unpaired) electrons. The molecular weight excluding hydrogens is 303 g/mol. The van der Waals surface area contributed by atoms with Gasteiger partial charge in [-0.1, -0.05) is 0 Å². The Hall–Kier alpha value is -2.25. The van der Waals surface area contributed by atoms with Gasteiger partial charge < -0.3 is 15.2 Å². The monoisotopic (exact) mass is 319 g/mol. The molecule has 1 atom stereocenters. The standard InChI is InChI=1S/C14H16F3NO4/c1-14(2,3)22-13(21)18-11(12(19)20)6-8-9(16)4-7(15)5-10(8)17/h4-5,11H,6H2,1-3H3,(H,18,21)(H,19,20). The molecular formula is C14H16F3NO4. The van der Waals surface area contributed by atoms with Gasteiger partial charge in [-0.05, 0) is 20.8 Å². The molecule has 0 spiro atoms. The van der Waals surface area contributed by atoms with E-state index in [0.29, 0.717) is 12.1 Å². The van der Waals surface area contributed by atoms with E-state index >= 15 is 0 Å². The first-order valence-corrected chi connectivity index (χ1v) is 6.35. The summed E-state index contributed by atoms with van der Waals surface area (Å²) >= 11 is 0. The third-order valence-electron chi connectivity index (χ3n) is 2.50. The minimum absolute atomic E-state index is 0.435. The van der Waals surface area contributed by atoms with Crippen molar-refractivity contribution in [1.29, 1.82) is 0 Å². The van der Waals surface area contributed by atoms with E-state index in [0.717, 1.165) is 0 Å². The van der Waals surface area contributed by atoms with Crippen molar-refractivity contribution in [2.75, 3.05) is 0 Å². The number of alkyl carbamates (subject to hydrolysis) is 1. The second-order valence-corrected chi connectivity index (χ2v) is 5.59. The van der Waals surface area contributed by atoms with E-state index in [-0.39, 0.29) is 0 Å². The molecule has 1 amide bonds. The highest BCUT2D eigenvalue weighted by molar-refractivity contribution is 5.80. The first kappa shape index (κ1) is 17.8. The van der Waals surface area contributed by atoms with Crippen LogP contribution in [0, 0.1) is 17.5 Å². The lowest BCUT2D eigenvalue weighted by molar-refractivity contribution is -0.139. The summed E-state index contributed by atoms with van der Waals surface area (Å²) in [6, 6.07) is -0.750. The molecule has 0 aliphatic carbocycles. The van der Waals surface area contributed by atoms with Crippen LogP contribution in [0.5, 0.6) is 0 Å². The molecule has 8 heteroatoms. The minimum atomic E-state index is -1.62. The number of carbonyl (C=O) groups excluding carboxylic acids is 1. The molecule has 5 nitrogen and oxygen atoms in total. The predicted molar refractivity (Wildman–Crippen MR) is 70.8 cm³/mol. The topological polar surface area (TPSA) is 75.6 Å². The summed E-state index contributed by atoms with van der Waals surface area (Å²) in [7, 11) is 0. The van der Waals surface area contributed by atoms with Gasteiger partial charge in [-0.2, -0.15) is 0 Å². The third kappa shape index (κ3) is 5.27. The van der Waals surface area contributed by atoms with Crippen LogP contribution in [-0.4, -0.2) is 28.8 Å². The number of hydrogen-bond acceptors (Lipinski definition) is 3. The first-order valence-electron chi connectivity index (χ1n) is 6.35. The minimum Gasteiger partial charge on any atom is -0.480 e. The van der Waals surface area contributed by atoms with Crippen LogP contribution in [0.4, 0.5) is 18.0 Å². The SMILES string of the molecule is CC(C)(C)OC(=O)NC(Cc1c(F)cc(F)cc1F)C(=O)O. The smallest absolute Gasteiger partial charge is 0.408 e. The van der Waals surface area contributed by atoms with E-state index in [2.05, 4.69) is 0 Å². The quantitative estimate of drug-likeness (QED) is 0.894. The molecule has 1 aromatic rings. The van der Waals surface area contributed by atoms with E-state index < -0.39 is 53.1 Å². The van der Waals surface area contributed by atoms with E-state index in [9.17, 15) is 22.8 Å². The van der Waals surface area contributed by atoms with Gasteiger partial charge in [0.2, 0.25) is 0 Å². The van der Waals surface area contributed by atoms with E-state index in [4.69, 9.17) is 9.84 Å². The number of ether oxygens (including phenoxy) is 1. The Morgan fingerprint density at radius 3 is 2.14 bits per heavy atom. The summed E-state index contributed by atoms with van der Waals surface area (Å²) in [6.07, 6.45) is -1.73. The molecule has 0 fully saturated rings. The number of carbonyl (C=O) groups is 2. The fourth-order valence-electron chi connectivity index (χ4n) is 1.62. The number of nitrogens with one attached hydrogen (secondary N) is 1. The van der Waals surface area contributed by atoms with Gasteiger partial charge in [0.15, 0.2) is 0 Å². The molecule has 1 rings (SSSR count). The normalized spacial score (nSPS) is 12.6. The summed E-state index contributed by atoms with van der Waals surface area (Å²) in [6.45, 7) is 4.71. The lowest BCUT2D eigenvalue weighted by Crippen LogP contribution is -2.45. The van der Waals surface area contributed by atoms with Crippen LogP contribution >= 0.6 is 0 Å². The van der Waals surface area contributed by atoms with Gasteiger partial charge in [-0.3, -0.25) is 0 Å². The van der Waals surface area contributed by atoms with Gasteiger partial charge in [-0.25, -0.2) is 22.8 Å². The summed E-state index contributed by atoms with van der Waals surface area (Å²) in [5.41, 5.74) is -1.50. The van der Waals surface area contributed by atoms with Crippen LogP contribution in [0.2, 0.25) is 0 Å². The fraction of sp³-hybridized carbons (Fsp3) is 0.429. The maximum absolute atomic E-state index is 13.5. The molecule has 0 aliphatic heterocycles. The number of halogens is 3. The van der Waals surface area contributed by atoms with Crippen molar-refractivity contribution in [1.82, 2.24) is 5.32 Å². The second kappa shape index (κ2) is 6.67. The molecule has 1 unspecified atom stereocenters. The molecule has 1 aromatic carbocycles. The van der Waals surface area contributed by atoms with Crippen LogP contribution in [0.15, 0.2) is 12.1 Å². The zero-order valence-electron chi connectivity index (χ0n) is 12.2. The fourth-order valence-corrected chi connectivity index (χ4v) is 1.62. The number of aliphatic carboxylic acids is 1. The Balaban J connectivity index is 2.90. The number of carboxylic acid groups (broad SMARTS) is 1. The number of rotatable bonds is 4. The Morgan fingerprint density at radius 1 is 1.23 bits per heavy atom. The number of benzene rings is 1. The van der Waals surface area contributed by atoms with Crippen molar-refractivity contribution in [2.24, 2.45) is 0 Å². The van der Waals surface area contributed by atoms with Crippen LogP contribution in [-0.2, 0) is 16.0 Å². The molecule has 0 aromatic heterocycles. The Morgan fingerprint density at radius 2 is 1.73 bits per heavy atom. The first-order chi connectivity index (χ1) is 9.99. The van der Waals surface area contributed by atoms with Crippen molar-refractivity contribution < 1.29 is 32.6 Å². The second-order valence-electron chi connectivity index (χ2n) is 5.59. The average Bonchev–Trinajstić information content (AvgIpc) is 2.29. The Labute approximate surface area is 125 Å². The predicted octanol–water partition coefficient (Wildman–Crippen LogP) is 2.62. The summed E-state index contributed by atoms with van der Waals surface area (Å²) in [4.78, 5) is 22.6. The molecule has 122 valence electrons. The highest BCUT2D eigenvalue weighted by Gasteiger charge is 2.26. The molecule has 0 saturated heterocycles. The van der Waals surface area contributed by atoms with E-state index in [1.54, 1.807) is 20.8 Å². The highest BCUT2D eigenvalue weighted by atomic mass is 19.1. The highest BCUT2D eigenvalue weighted by Crippen LogP contribution is 2.17. The van der Waals surface area contributed by atoms with E-state index in [1.165, 1.54) is 0 Å².